The second kappa shape index (κ2) is 8.79. The first-order chi connectivity index (χ1) is 14.8. The summed E-state index contributed by atoms with van der Waals surface area (Å²) in [6.07, 6.45) is 0. The molecule has 0 N–H and O–H groups in total. The van der Waals surface area contributed by atoms with Crippen molar-refractivity contribution in [1.82, 2.24) is 0 Å². The number of anilines is 4. The quantitative estimate of drug-likeness (QED) is 0.250. The molecular weight excluding hydrogens is 376 g/mol. The number of rotatable bonds is 7. The Kier molecular flexibility index (Phi) is 5.57. The Labute approximate surface area is 173 Å². The molecule has 0 aliphatic rings. The molecule has 0 saturated heterocycles. The number of hydrogen-bond donors (Lipinski definition) is 0. The van der Waals surface area contributed by atoms with Crippen LogP contribution in [0, 0.1) is 9.81 Å². The molecule has 0 amide bonds. The molecule has 0 unspecified atom stereocenters. The van der Waals surface area contributed by atoms with Gasteiger partial charge in [0.1, 0.15) is 0 Å². The van der Waals surface area contributed by atoms with E-state index in [-0.39, 0.29) is 0 Å². The van der Waals surface area contributed by atoms with Crippen molar-refractivity contribution in [2.24, 2.45) is 10.6 Å². The fraction of sp³-hybridized carbons (Fsp3) is 0. The van der Waals surface area contributed by atoms with E-state index < -0.39 is 0 Å². The number of benzene rings is 4. The van der Waals surface area contributed by atoms with E-state index in [1.165, 1.54) is 0 Å². The van der Waals surface area contributed by atoms with Crippen molar-refractivity contribution in [1.29, 1.82) is 0 Å². The van der Waals surface area contributed by atoms with E-state index in [0.717, 1.165) is 28.2 Å². The normalized spacial score (nSPS) is 10.3. The summed E-state index contributed by atoms with van der Waals surface area (Å²) < 4.78 is 0. The maximum Gasteiger partial charge on any atom is 0.0923 e. The summed E-state index contributed by atoms with van der Waals surface area (Å²) in [7, 11) is 0. The Morgan fingerprint density at radius 3 is 1.20 bits per heavy atom. The van der Waals surface area contributed by atoms with E-state index in [0.29, 0.717) is 10.8 Å². The van der Waals surface area contributed by atoms with E-state index in [1.54, 1.807) is 12.1 Å². The zero-order valence-corrected chi connectivity index (χ0v) is 16.0. The summed E-state index contributed by atoms with van der Waals surface area (Å²) in [5, 5.41) is 5.64. The summed E-state index contributed by atoms with van der Waals surface area (Å²) in [6, 6.07) is 35.5. The third-order valence-electron chi connectivity index (χ3n) is 4.74. The largest absolute Gasteiger partial charge is 0.311 e. The van der Waals surface area contributed by atoms with Crippen LogP contribution in [0.25, 0.3) is 11.1 Å². The van der Waals surface area contributed by atoms with Gasteiger partial charge in [0.25, 0.3) is 0 Å². The van der Waals surface area contributed by atoms with Crippen LogP contribution in [0.4, 0.5) is 22.7 Å². The topological polar surface area (TPSA) is 65.3 Å². The first-order valence-corrected chi connectivity index (χ1v) is 9.37. The molecule has 0 bridgehead atoms. The van der Waals surface area contributed by atoms with Crippen molar-refractivity contribution in [3.63, 3.8) is 0 Å². The van der Waals surface area contributed by atoms with Gasteiger partial charge in [0.2, 0.25) is 0 Å². The third kappa shape index (κ3) is 3.93. The van der Waals surface area contributed by atoms with Crippen molar-refractivity contribution in [2.75, 3.05) is 10.0 Å². The lowest BCUT2D eigenvalue weighted by Gasteiger charge is -2.25. The highest BCUT2D eigenvalue weighted by atomic mass is 16.4. The highest BCUT2D eigenvalue weighted by Gasteiger charge is 2.12. The number of nitrogens with zero attached hydrogens (tertiary/aromatic N) is 4. The second-order valence-corrected chi connectivity index (χ2v) is 6.55. The van der Waals surface area contributed by atoms with Crippen molar-refractivity contribution in [3.8, 4) is 11.1 Å². The molecule has 0 atom stereocenters. The molecule has 0 aliphatic heterocycles. The fourth-order valence-electron chi connectivity index (χ4n) is 3.30. The fourth-order valence-corrected chi connectivity index (χ4v) is 3.30. The number of para-hydroxylation sites is 2. The van der Waals surface area contributed by atoms with E-state index in [4.69, 9.17) is 0 Å². The van der Waals surface area contributed by atoms with Gasteiger partial charge in [0.15, 0.2) is 0 Å². The zero-order valence-electron chi connectivity index (χ0n) is 16.0. The highest BCUT2D eigenvalue weighted by Crippen LogP contribution is 2.35. The van der Waals surface area contributed by atoms with E-state index in [2.05, 4.69) is 51.9 Å². The van der Waals surface area contributed by atoms with Crippen LogP contribution >= 0.6 is 0 Å². The molecule has 0 saturated carbocycles. The van der Waals surface area contributed by atoms with Crippen LogP contribution in [0.5, 0.6) is 0 Å². The minimum absolute atomic E-state index is 0.319. The maximum atomic E-state index is 10.6. The SMILES string of the molecule is O=NN(N=O)c1ccc(-c2ccc(N(c3ccccc3)c3ccccc3)cc2)cc1. The Balaban J connectivity index is 1.66. The van der Waals surface area contributed by atoms with Gasteiger partial charge in [0, 0.05) is 17.1 Å². The summed E-state index contributed by atoms with van der Waals surface area (Å²) in [4.78, 5) is 23.4. The number of nitroso groups, excluding NO2 is 2. The zero-order chi connectivity index (χ0) is 20.8. The molecule has 4 rings (SSSR count). The lowest BCUT2D eigenvalue weighted by molar-refractivity contribution is 0.907. The van der Waals surface area contributed by atoms with Gasteiger partial charge in [-0.25, -0.2) is 0 Å². The molecule has 146 valence electrons. The van der Waals surface area contributed by atoms with Gasteiger partial charge in [-0.15, -0.1) is 9.81 Å². The van der Waals surface area contributed by atoms with Gasteiger partial charge in [-0.05, 0) is 59.7 Å². The Hall–Kier alpha value is -4.32. The van der Waals surface area contributed by atoms with Crippen LogP contribution in [0.3, 0.4) is 0 Å². The van der Waals surface area contributed by atoms with Crippen molar-refractivity contribution >= 4 is 22.7 Å². The molecule has 0 heterocycles. The summed E-state index contributed by atoms with van der Waals surface area (Å²) >= 11 is 0. The molecule has 0 spiro atoms. The average molecular weight is 394 g/mol. The molecule has 0 aromatic heterocycles. The maximum absolute atomic E-state index is 10.6. The van der Waals surface area contributed by atoms with Crippen molar-refractivity contribution < 1.29 is 0 Å². The van der Waals surface area contributed by atoms with Crippen LogP contribution in [0.15, 0.2) is 120 Å². The van der Waals surface area contributed by atoms with Crippen molar-refractivity contribution in [3.05, 3.63) is 119 Å². The summed E-state index contributed by atoms with van der Waals surface area (Å²) in [5.74, 6) is 0. The van der Waals surface area contributed by atoms with Gasteiger partial charge < -0.3 is 4.90 Å². The van der Waals surface area contributed by atoms with Crippen molar-refractivity contribution in [2.45, 2.75) is 0 Å². The van der Waals surface area contributed by atoms with Crippen LogP contribution in [0.2, 0.25) is 0 Å². The molecule has 4 aromatic rings. The second-order valence-electron chi connectivity index (χ2n) is 6.55. The molecule has 6 heteroatoms. The average Bonchev–Trinajstić information content (AvgIpc) is 2.82. The predicted molar refractivity (Wildman–Crippen MR) is 121 cm³/mol. The third-order valence-corrected chi connectivity index (χ3v) is 4.74. The van der Waals surface area contributed by atoms with Gasteiger partial charge in [-0.3, -0.25) is 0 Å². The Morgan fingerprint density at radius 1 is 0.433 bits per heavy atom. The number of hydrogen-bond acceptors (Lipinski definition) is 5. The van der Waals surface area contributed by atoms with Crippen LogP contribution < -0.4 is 10.0 Å². The van der Waals surface area contributed by atoms with Crippen LogP contribution in [0.1, 0.15) is 0 Å². The minimum atomic E-state index is 0.319. The molecule has 0 aliphatic carbocycles. The molecular formula is C24H18N4O2. The molecule has 0 radical (unpaired) electrons. The van der Waals surface area contributed by atoms with E-state index in [1.807, 2.05) is 60.7 Å². The molecule has 0 fully saturated rings. The lowest BCUT2D eigenvalue weighted by Crippen LogP contribution is -2.09. The molecule has 4 aromatic carbocycles. The first-order valence-electron chi connectivity index (χ1n) is 9.37. The molecule has 30 heavy (non-hydrogen) atoms. The smallest absolute Gasteiger partial charge is 0.0923 e. The van der Waals surface area contributed by atoms with Gasteiger partial charge in [0.05, 0.1) is 16.3 Å². The summed E-state index contributed by atoms with van der Waals surface area (Å²) in [6.45, 7) is 0. The van der Waals surface area contributed by atoms with E-state index >= 15 is 0 Å². The van der Waals surface area contributed by atoms with Crippen LogP contribution in [-0.2, 0) is 0 Å². The van der Waals surface area contributed by atoms with E-state index in [9.17, 15) is 9.81 Å². The first kappa shape index (κ1) is 19.0. The van der Waals surface area contributed by atoms with Gasteiger partial charge in [-0.2, -0.15) is 0 Å². The lowest BCUT2D eigenvalue weighted by atomic mass is 10.0. The Bertz CT molecular complexity index is 1070. The standard InChI is InChI=1S/C24H18N4O2/c29-25-28(26-30)24-17-13-20(14-18-24)19-11-15-23(16-12-19)27(21-7-3-1-4-8-21)22-9-5-2-6-10-22/h1-18H. The minimum Gasteiger partial charge on any atom is -0.311 e. The highest BCUT2D eigenvalue weighted by molar-refractivity contribution is 5.78. The Morgan fingerprint density at radius 2 is 0.800 bits per heavy atom. The summed E-state index contributed by atoms with van der Waals surface area (Å²) in [5.41, 5.74) is 5.46. The van der Waals surface area contributed by atoms with Gasteiger partial charge in [-0.1, -0.05) is 65.8 Å². The molecule has 6 nitrogen and oxygen atoms in total. The van der Waals surface area contributed by atoms with Crippen LogP contribution in [-0.4, -0.2) is 0 Å². The van der Waals surface area contributed by atoms with Gasteiger partial charge >= 0.3 is 0 Å². The predicted octanol–water partition coefficient (Wildman–Crippen LogP) is 6.99. The monoisotopic (exact) mass is 394 g/mol.